The molecular weight excluding hydrogens is 536 g/mol. The van der Waals surface area contributed by atoms with Gasteiger partial charge in [-0.3, -0.25) is 0 Å². The lowest BCUT2D eigenvalue weighted by atomic mass is 10.0. The lowest BCUT2D eigenvalue weighted by molar-refractivity contribution is 1.29. The molecule has 0 fully saturated rings. The fraction of sp³-hybridized carbons (Fsp3) is 0.100. The molecule has 2 N–H and O–H groups in total. The van der Waals surface area contributed by atoms with Gasteiger partial charge >= 0.3 is 0 Å². The van der Waals surface area contributed by atoms with Gasteiger partial charge in [0.2, 0.25) is 0 Å². The smallest absolute Gasteiger partial charge is 0.138 e. The number of aromatic nitrogens is 4. The van der Waals surface area contributed by atoms with Crippen molar-refractivity contribution in [2.45, 2.75) is 27.7 Å². The van der Waals surface area contributed by atoms with E-state index in [-0.39, 0.29) is 0 Å². The minimum Gasteiger partial charge on any atom is -0.337 e. The molecule has 214 valence electrons. The Morgan fingerprint density at radius 2 is 0.682 bits per heavy atom. The van der Waals surface area contributed by atoms with Gasteiger partial charge in [0.1, 0.15) is 11.6 Å². The molecule has 0 aliphatic rings. The summed E-state index contributed by atoms with van der Waals surface area (Å²) < 4.78 is 0. The van der Waals surface area contributed by atoms with Crippen molar-refractivity contribution in [2.24, 2.45) is 0 Å². The maximum Gasteiger partial charge on any atom is 0.138 e. The van der Waals surface area contributed by atoms with E-state index in [9.17, 15) is 0 Å². The average Bonchev–Trinajstić information content (AvgIpc) is 3.69. The van der Waals surface area contributed by atoms with Crippen molar-refractivity contribution >= 4 is 0 Å². The van der Waals surface area contributed by atoms with Crippen molar-refractivity contribution in [3.05, 3.63) is 144 Å². The molecule has 0 atom stereocenters. The van der Waals surface area contributed by atoms with E-state index in [1.165, 1.54) is 22.3 Å². The molecule has 0 unspecified atom stereocenters. The molecule has 7 aromatic rings. The molecule has 0 bridgehead atoms. The molecule has 0 saturated heterocycles. The van der Waals surface area contributed by atoms with Crippen LogP contribution < -0.4 is 0 Å². The van der Waals surface area contributed by atoms with Crippen LogP contribution in [0.5, 0.6) is 0 Å². The molecule has 0 radical (unpaired) electrons. The summed E-state index contributed by atoms with van der Waals surface area (Å²) in [5, 5.41) is 0. The first-order valence-corrected chi connectivity index (χ1v) is 15.0. The Morgan fingerprint density at radius 1 is 0.364 bits per heavy atom. The molecule has 0 spiro atoms. The second-order valence-corrected chi connectivity index (χ2v) is 11.7. The average molecular weight is 571 g/mol. The van der Waals surface area contributed by atoms with Crippen LogP contribution in [0.25, 0.3) is 67.8 Å². The molecular formula is C40H34N4. The van der Waals surface area contributed by atoms with Crippen molar-refractivity contribution in [2.75, 3.05) is 0 Å². The normalized spacial score (nSPS) is 11.2. The van der Waals surface area contributed by atoms with Gasteiger partial charge in [-0.25, -0.2) is 9.97 Å². The van der Waals surface area contributed by atoms with Crippen molar-refractivity contribution in [1.82, 2.24) is 19.9 Å². The van der Waals surface area contributed by atoms with Crippen LogP contribution in [0.2, 0.25) is 0 Å². The molecule has 0 saturated carbocycles. The second-order valence-electron chi connectivity index (χ2n) is 11.7. The standard InChI is InChI=1S/C40H34N4/c1-25-8-16-29(17-9-25)35-36(30-18-10-26(2)11-19-30)42-39(41-35)33-6-5-7-34(24-33)40-43-37(31-20-12-27(3)13-21-31)38(44-40)32-22-14-28(4)15-23-32/h5-24H,1-4H3,(H,41,42)(H,43,44). The molecule has 4 nitrogen and oxygen atoms in total. The van der Waals surface area contributed by atoms with E-state index in [1.807, 2.05) is 0 Å². The lowest BCUT2D eigenvalue weighted by Crippen LogP contribution is -1.85. The Balaban J connectivity index is 1.33. The number of benzene rings is 5. The largest absolute Gasteiger partial charge is 0.337 e. The van der Waals surface area contributed by atoms with E-state index in [4.69, 9.17) is 9.97 Å². The number of H-pyrrole nitrogens is 2. The van der Waals surface area contributed by atoms with Crippen molar-refractivity contribution in [1.29, 1.82) is 0 Å². The van der Waals surface area contributed by atoms with Crippen molar-refractivity contribution in [3.63, 3.8) is 0 Å². The summed E-state index contributed by atoms with van der Waals surface area (Å²) in [5.74, 6) is 1.64. The van der Waals surface area contributed by atoms with Gasteiger partial charge in [0.15, 0.2) is 0 Å². The van der Waals surface area contributed by atoms with E-state index in [0.717, 1.165) is 67.8 Å². The third-order valence-corrected chi connectivity index (χ3v) is 8.15. The fourth-order valence-corrected chi connectivity index (χ4v) is 5.53. The SMILES string of the molecule is Cc1ccc(-c2nc(-c3cccc(-c4nc(-c5ccc(C)cc5)c(-c5ccc(C)cc5)[nH]4)c3)[nH]c2-c2ccc(C)cc2)cc1. The van der Waals surface area contributed by atoms with Gasteiger partial charge in [-0.2, -0.15) is 0 Å². The second kappa shape index (κ2) is 11.3. The first-order valence-electron chi connectivity index (χ1n) is 15.0. The summed E-state index contributed by atoms with van der Waals surface area (Å²) in [4.78, 5) is 17.6. The van der Waals surface area contributed by atoms with Gasteiger partial charge in [-0.05, 0) is 33.8 Å². The van der Waals surface area contributed by atoms with Gasteiger partial charge in [0.25, 0.3) is 0 Å². The van der Waals surface area contributed by atoms with Crippen LogP contribution in [-0.4, -0.2) is 19.9 Å². The van der Waals surface area contributed by atoms with E-state index in [1.54, 1.807) is 0 Å². The molecule has 7 rings (SSSR count). The Morgan fingerprint density at radius 3 is 1.02 bits per heavy atom. The molecule has 0 aliphatic heterocycles. The maximum absolute atomic E-state index is 5.16. The highest BCUT2D eigenvalue weighted by Crippen LogP contribution is 2.36. The van der Waals surface area contributed by atoms with Crippen LogP contribution >= 0.6 is 0 Å². The third kappa shape index (κ3) is 5.38. The summed E-state index contributed by atoms with van der Waals surface area (Å²) in [6.45, 7) is 8.43. The molecule has 44 heavy (non-hydrogen) atoms. The summed E-state index contributed by atoms with van der Waals surface area (Å²) in [6, 6.07) is 42.8. The zero-order chi connectivity index (χ0) is 30.2. The van der Waals surface area contributed by atoms with Crippen LogP contribution in [0, 0.1) is 27.7 Å². The van der Waals surface area contributed by atoms with Gasteiger partial charge in [-0.15, -0.1) is 0 Å². The minimum atomic E-state index is 0.821. The predicted molar refractivity (Wildman–Crippen MR) is 182 cm³/mol. The molecule has 0 amide bonds. The number of aromatic amines is 2. The fourth-order valence-electron chi connectivity index (χ4n) is 5.53. The van der Waals surface area contributed by atoms with E-state index in [0.29, 0.717) is 0 Å². The highest BCUT2D eigenvalue weighted by Gasteiger charge is 2.18. The van der Waals surface area contributed by atoms with Gasteiger partial charge in [-0.1, -0.05) is 138 Å². The number of aryl methyl sites for hydroxylation is 4. The quantitative estimate of drug-likeness (QED) is 0.209. The topological polar surface area (TPSA) is 57.4 Å². The Kier molecular flexibility index (Phi) is 7.03. The van der Waals surface area contributed by atoms with E-state index >= 15 is 0 Å². The predicted octanol–water partition coefficient (Wildman–Crippen LogP) is 10.4. The van der Waals surface area contributed by atoms with Crippen LogP contribution in [0.1, 0.15) is 22.3 Å². The Bertz CT molecular complexity index is 1780. The van der Waals surface area contributed by atoms with E-state index in [2.05, 4.69) is 159 Å². The third-order valence-electron chi connectivity index (χ3n) is 8.15. The monoisotopic (exact) mass is 570 g/mol. The maximum atomic E-state index is 5.16. The lowest BCUT2D eigenvalue weighted by Gasteiger charge is -2.04. The number of nitrogens with one attached hydrogen (secondary N) is 2. The van der Waals surface area contributed by atoms with Crippen LogP contribution in [0.15, 0.2) is 121 Å². The highest BCUT2D eigenvalue weighted by atomic mass is 15.0. The summed E-state index contributed by atoms with van der Waals surface area (Å²) in [7, 11) is 0. The molecule has 4 heteroatoms. The van der Waals surface area contributed by atoms with Crippen molar-refractivity contribution < 1.29 is 0 Å². The number of hydrogen-bond donors (Lipinski definition) is 2. The number of imidazole rings is 2. The zero-order valence-electron chi connectivity index (χ0n) is 25.4. The number of rotatable bonds is 6. The number of hydrogen-bond acceptors (Lipinski definition) is 2. The highest BCUT2D eigenvalue weighted by molar-refractivity contribution is 5.84. The van der Waals surface area contributed by atoms with Crippen LogP contribution in [0.3, 0.4) is 0 Å². The van der Waals surface area contributed by atoms with Gasteiger partial charge in [0.05, 0.1) is 22.8 Å². The van der Waals surface area contributed by atoms with Gasteiger partial charge in [0, 0.05) is 33.4 Å². The first-order chi connectivity index (χ1) is 21.4. The van der Waals surface area contributed by atoms with Crippen molar-refractivity contribution in [3.8, 4) is 67.8 Å². The first kappa shape index (κ1) is 27.4. The molecule has 2 aromatic heterocycles. The van der Waals surface area contributed by atoms with Crippen LogP contribution in [-0.2, 0) is 0 Å². The summed E-state index contributed by atoms with van der Waals surface area (Å²) in [6.07, 6.45) is 0. The van der Waals surface area contributed by atoms with Crippen LogP contribution in [0.4, 0.5) is 0 Å². The van der Waals surface area contributed by atoms with E-state index < -0.39 is 0 Å². The Hall–Kier alpha value is -5.48. The molecule has 0 aliphatic carbocycles. The number of nitrogens with zero attached hydrogens (tertiary/aromatic N) is 2. The zero-order valence-corrected chi connectivity index (χ0v) is 25.4. The van der Waals surface area contributed by atoms with Gasteiger partial charge < -0.3 is 9.97 Å². The molecule has 5 aromatic carbocycles. The molecule has 2 heterocycles. The summed E-state index contributed by atoms with van der Waals surface area (Å²) >= 11 is 0. The Labute approximate surface area is 258 Å². The minimum absolute atomic E-state index is 0.821. The summed E-state index contributed by atoms with van der Waals surface area (Å²) in [5.41, 5.74) is 15.2.